The molecule has 0 aromatic heterocycles. The molecule has 0 bridgehead atoms. The van der Waals surface area contributed by atoms with Crippen LogP contribution in [0.5, 0.6) is 0 Å². The number of rotatable bonds is 2. The van der Waals surface area contributed by atoms with Gasteiger partial charge in [-0.1, -0.05) is 6.42 Å². The standard InChI is InChI=1S/C8H14F3NO/c9-8(10,11)7-3-1-2-6(12-7)4-5-13/h6-7,12-13H,1-5H2/t6-,7+/m0/s1. The van der Waals surface area contributed by atoms with Crippen molar-refractivity contribution < 1.29 is 18.3 Å². The fourth-order valence-corrected chi connectivity index (χ4v) is 1.66. The zero-order valence-corrected chi connectivity index (χ0v) is 7.27. The molecule has 0 radical (unpaired) electrons. The van der Waals surface area contributed by atoms with Gasteiger partial charge in [0.25, 0.3) is 0 Å². The van der Waals surface area contributed by atoms with Crippen LogP contribution in [-0.4, -0.2) is 30.0 Å². The number of aliphatic hydroxyl groups is 1. The van der Waals surface area contributed by atoms with Crippen LogP contribution in [0.1, 0.15) is 25.7 Å². The summed E-state index contributed by atoms with van der Waals surface area (Å²) in [6.45, 7) is -0.0533. The highest BCUT2D eigenvalue weighted by atomic mass is 19.4. The molecule has 1 aliphatic heterocycles. The van der Waals surface area contributed by atoms with Crippen LogP contribution in [0, 0.1) is 0 Å². The minimum Gasteiger partial charge on any atom is -0.396 e. The van der Waals surface area contributed by atoms with Crippen molar-refractivity contribution in [3.63, 3.8) is 0 Å². The van der Waals surface area contributed by atoms with Gasteiger partial charge in [-0.3, -0.25) is 0 Å². The second kappa shape index (κ2) is 4.28. The fourth-order valence-electron chi connectivity index (χ4n) is 1.66. The number of aliphatic hydroxyl groups excluding tert-OH is 1. The average molecular weight is 197 g/mol. The van der Waals surface area contributed by atoms with Gasteiger partial charge in [0, 0.05) is 12.6 Å². The third-order valence-electron chi connectivity index (χ3n) is 2.35. The Morgan fingerprint density at radius 2 is 2.00 bits per heavy atom. The number of halogens is 3. The predicted octanol–water partition coefficient (Wildman–Crippen LogP) is 1.44. The second-order valence-electron chi connectivity index (χ2n) is 3.40. The first-order chi connectivity index (χ1) is 6.04. The average Bonchev–Trinajstić information content (AvgIpc) is 2.04. The molecule has 0 aromatic carbocycles. The van der Waals surface area contributed by atoms with E-state index in [9.17, 15) is 13.2 Å². The van der Waals surface area contributed by atoms with Crippen molar-refractivity contribution in [1.29, 1.82) is 0 Å². The van der Waals surface area contributed by atoms with Gasteiger partial charge >= 0.3 is 6.18 Å². The zero-order chi connectivity index (χ0) is 9.90. The van der Waals surface area contributed by atoms with Crippen LogP contribution in [0.4, 0.5) is 13.2 Å². The van der Waals surface area contributed by atoms with E-state index >= 15 is 0 Å². The van der Waals surface area contributed by atoms with Crippen LogP contribution >= 0.6 is 0 Å². The molecule has 1 heterocycles. The van der Waals surface area contributed by atoms with E-state index in [1.54, 1.807) is 0 Å². The van der Waals surface area contributed by atoms with Gasteiger partial charge in [-0.25, -0.2) is 0 Å². The van der Waals surface area contributed by atoms with E-state index < -0.39 is 12.2 Å². The van der Waals surface area contributed by atoms with E-state index in [-0.39, 0.29) is 19.1 Å². The first-order valence-electron chi connectivity index (χ1n) is 4.47. The summed E-state index contributed by atoms with van der Waals surface area (Å²) in [6.07, 6.45) is -2.26. The number of nitrogens with one attached hydrogen (secondary N) is 1. The lowest BCUT2D eigenvalue weighted by Gasteiger charge is -2.31. The summed E-state index contributed by atoms with van der Waals surface area (Å²) in [4.78, 5) is 0. The molecule has 1 aliphatic rings. The first kappa shape index (κ1) is 10.8. The Morgan fingerprint density at radius 3 is 2.54 bits per heavy atom. The van der Waals surface area contributed by atoms with E-state index in [1.807, 2.05) is 0 Å². The quantitative estimate of drug-likeness (QED) is 0.702. The SMILES string of the molecule is OCC[C@@H]1CCC[C@H](C(F)(F)F)N1. The van der Waals surface area contributed by atoms with Crippen molar-refractivity contribution in [3.05, 3.63) is 0 Å². The normalized spacial score (nSPS) is 30.5. The zero-order valence-electron chi connectivity index (χ0n) is 7.27. The fraction of sp³-hybridized carbons (Fsp3) is 1.00. The largest absolute Gasteiger partial charge is 0.403 e. The Morgan fingerprint density at radius 1 is 1.31 bits per heavy atom. The van der Waals surface area contributed by atoms with Gasteiger partial charge < -0.3 is 10.4 Å². The van der Waals surface area contributed by atoms with E-state index in [0.717, 1.165) is 6.42 Å². The molecule has 13 heavy (non-hydrogen) atoms. The molecule has 0 amide bonds. The Labute approximate surface area is 75.1 Å². The number of hydrogen-bond acceptors (Lipinski definition) is 2. The van der Waals surface area contributed by atoms with Crippen LogP contribution in [0.15, 0.2) is 0 Å². The van der Waals surface area contributed by atoms with Crippen molar-refractivity contribution in [3.8, 4) is 0 Å². The van der Waals surface area contributed by atoms with E-state index in [0.29, 0.717) is 12.8 Å². The Hall–Kier alpha value is -0.290. The summed E-state index contributed by atoms with van der Waals surface area (Å²) in [5, 5.41) is 11.1. The van der Waals surface area contributed by atoms with Crippen LogP contribution < -0.4 is 5.32 Å². The molecular formula is C8H14F3NO. The minimum absolute atomic E-state index is 0.0533. The molecule has 0 spiro atoms. The van der Waals surface area contributed by atoms with E-state index in [4.69, 9.17) is 5.11 Å². The summed E-state index contributed by atoms with van der Waals surface area (Å²) in [7, 11) is 0. The lowest BCUT2D eigenvalue weighted by molar-refractivity contribution is -0.163. The highest BCUT2D eigenvalue weighted by Gasteiger charge is 2.41. The van der Waals surface area contributed by atoms with Gasteiger partial charge in [0.05, 0.1) is 0 Å². The monoisotopic (exact) mass is 197 g/mol. The predicted molar refractivity (Wildman–Crippen MR) is 42.3 cm³/mol. The topological polar surface area (TPSA) is 32.3 Å². The summed E-state index contributed by atoms with van der Waals surface area (Å²) in [5.74, 6) is 0. The molecule has 1 fully saturated rings. The molecule has 5 heteroatoms. The van der Waals surface area contributed by atoms with Crippen molar-refractivity contribution >= 4 is 0 Å². The lowest BCUT2D eigenvalue weighted by Crippen LogP contribution is -2.50. The number of piperidine rings is 1. The summed E-state index contributed by atoms with van der Waals surface area (Å²) in [6, 6.07) is -1.55. The molecule has 2 N–H and O–H groups in total. The summed E-state index contributed by atoms with van der Waals surface area (Å²) >= 11 is 0. The Bertz CT molecular complexity index is 158. The third kappa shape index (κ3) is 3.15. The van der Waals surface area contributed by atoms with Gasteiger partial charge in [-0.05, 0) is 19.3 Å². The summed E-state index contributed by atoms with van der Waals surface area (Å²) in [5.41, 5.74) is 0. The molecule has 1 saturated heterocycles. The van der Waals surface area contributed by atoms with Crippen LogP contribution in [0.3, 0.4) is 0 Å². The lowest BCUT2D eigenvalue weighted by atomic mass is 9.96. The number of hydrogen-bond donors (Lipinski definition) is 2. The molecule has 0 unspecified atom stereocenters. The van der Waals surface area contributed by atoms with Gasteiger partial charge in [0.15, 0.2) is 0 Å². The van der Waals surface area contributed by atoms with E-state index in [1.165, 1.54) is 0 Å². The van der Waals surface area contributed by atoms with Crippen molar-refractivity contribution in [1.82, 2.24) is 5.32 Å². The van der Waals surface area contributed by atoms with Crippen LogP contribution in [0.2, 0.25) is 0 Å². The van der Waals surface area contributed by atoms with Crippen molar-refractivity contribution in [2.24, 2.45) is 0 Å². The number of alkyl halides is 3. The van der Waals surface area contributed by atoms with Crippen molar-refractivity contribution in [2.45, 2.75) is 43.9 Å². The van der Waals surface area contributed by atoms with Gasteiger partial charge in [0.1, 0.15) is 6.04 Å². The first-order valence-corrected chi connectivity index (χ1v) is 4.47. The van der Waals surface area contributed by atoms with Gasteiger partial charge in [0.2, 0.25) is 0 Å². The summed E-state index contributed by atoms with van der Waals surface area (Å²) < 4.78 is 36.7. The molecule has 0 aromatic rings. The highest BCUT2D eigenvalue weighted by Crippen LogP contribution is 2.28. The Balaban J connectivity index is 2.42. The highest BCUT2D eigenvalue weighted by molar-refractivity contribution is 4.84. The maximum Gasteiger partial charge on any atom is 0.403 e. The minimum atomic E-state index is -4.14. The van der Waals surface area contributed by atoms with E-state index in [2.05, 4.69) is 5.32 Å². The van der Waals surface area contributed by atoms with Crippen molar-refractivity contribution in [2.75, 3.05) is 6.61 Å². The Kier molecular flexibility index (Phi) is 3.55. The molecular weight excluding hydrogens is 183 g/mol. The molecule has 2 atom stereocenters. The molecule has 1 rings (SSSR count). The van der Waals surface area contributed by atoms with Gasteiger partial charge in [-0.2, -0.15) is 13.2 Å². The van der Waals surface area contributed by atoms with Crippen LogP contribution in [-0.2, 0) is 0 Å². The molecule has 0 saturated carbocycles. The molecule has 2 nitrogen and oxygen atoms in total. The maximum atomic E-state index is 12.2. The van der Waals surface area contributed by atoms with Crippen LogP contribution in [0.25, 0.3) is 0 Å². The molecule has 0 aliphatic carbocycles. The third-order valence-corrected chi connectivity index (χ3v) is 2.35. The smallest absolute Gasteiger partial charge is 0.396 e. The second-order valence-corrected chi connectivity index (χ2v) is 3.40. The van der Waals surface area contributed by atoms with Gasteiger partial charge in [-0.15, -0.1) is 0 Å². The maximum absolute atomic E-state index is 12.2. The molecule has 78 valence electrons.